The van der Waals surface area contributed by atoms with Crippen LogP contribution in [0.5, 0.6) is 0 Å². The summed E-state index contributed by atoms with van der Waals surface area (Å²) in [6, 6.07) is -0.957. The molecule has 0 bridgehead atoms. The third-order valence-corrected chi connectivity index (χ3v) is 1.91. The normalized spacial score (nSPS) is 24.0. The minimum atomic E-state index is -0.957. The zero-order valence-electron chi connectivity index (χ0n) is 6.95. The molecule has 1 aliphatic heterocycles. The molecular weight excluding hydrogens is 186 g/mol. The van der Waals surface area contributed by atoms with Crippen LogP contribution >= 0.6 is 0 Å². The van der Waals surface area contributed by atoms with E-state index in [9.17, 15) is 14.9 Å². The van der Waals surface area contributed by atoms with Crippen molar-refractivity contribution in [2.45, 2.75) is 6.04 Å². The van der Waals surface area contributed by atoms with Crippen molar-refractivity contribution in [2.24, 2.45) is 9.98 Å². The van der Waals surface area contributed by atoms with E-state index >= 15 is 0 Å². The van der Waals surface area contributed by atoms with Crippen LogP contribution in [0.25, 0.3) is 0 Å². The minimum absolute atomic E-state index is 0.205. The Labute approximate surface area is 78.5 Å². The van der Waals surface area contributed by atoms with Gasteiger partial charge in [0.25, 0.3) is 11.9 Å². The van der Waals surface area contributed by atoms with Crippen molar-refractivity contribution in [1.29, 1.82) is 0 Å². The van der Waals surface area contributed by atoms with Gasteiger partial charge in [-0.05, 0) is 12.2 Å². The molecule has 14 heavy (non-hydrogen) atoms. The molecule has 1 amide bonds. The summed E-state index contributed by atoms with van der Waals surface area (Å²) in [5.41, 5.74) is 0.639. The molecule has 1 atom stereocenters. The zero-order valence-corrected chi connectivity index (χ0v) is 6.95. The second-order valence-electron chi connectivity index (χ2n) is 2.78. The molecule has 1 aliphatic carbocycles. The van der Waals surface area contributed by atoms with Crippen molar-refractivity contribution in [3.05, 3.63) is 33.9 Å². The SMILES string of the molecule is O=C1N=CN=C2C=CC([N+](=O)[O-])C=C12. The highest BCUT2D eigenvalue weighted by atomic mass is 16.6. The number of nitro groups is 1. The summed E-state index contributed by atoms with van der Waals surface area (Å²) in [7, 11) is 0. The van der Waals surface area contributed by atoms with E-state index in [1.807, 2.05) is 0 Å². The minimum Gasteiger partial charge on any atom is -0.267 e. The molecule has 0 saturated heterocycles. The number of carbonyl (C=O) groups is 1. The molecule has 1 unspecified atom stereocenters. The van der Waals surface area contributed by atoms with Gasteiger partial charge < -0.3 is 0 Å². The van der Waals surface area contributed by atoms with E-state index in [1.165, 1.54) is 18.2 Å². The number of hydrogen-bond acceptors (Lipinski definition) is 4. The predicted molar refractivity (Wildman–Crippen MR) is 48.9 cm³/mol. The highest BCUT2D eigenvalue weighted by Gasteiger charge is 2.26. The first-order chi connectivity index (χ1) is 6.68. The van der Waals surface area contributed by atoms with E-state index in [0.29, 0.717) is 5.71 Å². The second-order valence-corrected chi connectivity index (χ2v) is 2.78. The number of aliphatic imine (C=N–C) groups is 2. The Morgan fingerprint density at radius 3 is 3.00 bits per heavy atom. The Hall–Kier alpha value is -2.11. The number of hydrogen-bond donors (Lipinski definition) is 0. The fourth-order valence-electron chi connectivity index (χ4n) is 1.23. The number of fused-ring (bicyclic) bond motifs is 1. The van der Waals surface area contributed by atoms with Gasteiger partial charge in [0.1, 0.15) is 6.34 Å². The smallest absolute Gasteiger partial charge is 0.267 e. The number of nitrogens with zero attached hydrogens (tertiary/aromatic N) is 3. The van der Waals surface area contributed by atoms with Crippen LogP contribution in [-0.2, 0) is 4.79 Å². The standard InChI is InChI=1S/C8H5N3O3/c12-8-6-3-5(11(13)14)1-2-7(6)9-4-10-8/h1-5H. The van der Waals surface area contributed by atoms with Gasteiger partial charge in [-0.25, -0.2) is 4.99 Å². The Kier molecular flexibility index (Phi) is 1.81. The van der Waals surface area contributed by atoms with Gasteiger partial charge in [-0.1, -0.05) is 0 Å². The van der Waals surface area contributed by atoms with Crippen molar-refractivity contribution >= 4 is 18.0 Å². The Balaban J connectivity index is 2.41. The summed E-state index contributed by atoms with van der Waals surface area (Å²) in [4.78, 5) is 28.4. The van der Waals surface area contributed by atoms with Crippen LogP contribution < -0.4 is 0 Å². The second kappa shape index (κ2) is 2.99. The van der Waals surface area contributed by atoms with Crippen molar-refractivity contribution in [3.8, 4) is 0 Å². The van der Waals surface area contributed by atoms with Crippen LogP contribution in [-0.4, -0.2) is 28.9 Å². The molecule has 1 heterocycles. The Morgan fingerprint density at radius 2 is 2.29 bits per heavy atom. The van der Waals surface area contributed by atoms with Gasteiger partial charge in [-0.15, -0.1) is 0 Å². The molecule has 6 heteroatoms. The molecule has 70 valence electrons. The van der Waals surface area contributed by atoms with Gasteiger partial charge >= 0.3 is 0 Å². The number of allylic oxidation sites excluding steroid dienone is 1. The first kappa shape index (κ1) is 8.49. The van der Waals surface area contributed by atoms with Crippen molar-refractivity contribution < 1.29 is 9.72 Å². The Bertz CT molecular complexity index is 431. The molecule has 0 spiro atoms. The summed E-state index contributed by atoms with van der Waals surface area (Å²) in [6.45, 7) is 0. The average molecular weight is 191 g/mol. The lowest BCUT2D eigenvalue weighted by molar-refractivity contribution is -0.496. The van der Waals surface area contributed by atoms with Crippen LogP contribution in [0.15, 0.2) is 33.8 Å². The molecular formula is C8H5N3O3. The number of carbonyl (C=O) groups excluding carboxylic acids is 1. The molecule has 0 radical (unpaired) electrons. The average Bonchev–Trinajstić information content (AvgIpc) is 2.18. The van der Waals surface area contributed by atoms with Crippen LogP contribution in [0.4, 0.5) is 0 Å². The number of rotatable bonds is 1. The molecule has 0 fully saturated rings. The summed E-state index contributed by atoms with van der Waals surface area (Å²) < 4.78 is 0. The summed E-state index contributed by atoms with van der Waals surface area (Å²) in [6.07, 6.45) is 5.25. The van der Waals surface area contributed by atoms with Crippen molar-refractivity contribution in [1.82, 2.24) is 0 Å². The van der Waals surface area contributed by atoms with E-state index in [-0.39, 0.29) is 5.57 Å². The van der Waals surface area contributed by atoms with Crippen LogP contribution in [0.2, 0.25) is 0 Å². The summed E-state index contributed by atoms with van der Waals surface area (Å²) in [5, 5.41) is 10.5. The molecule has 0 aromatic carbocycles. The zero-order chi connectivity index (χ0) is 10.1. The topological polar surface area (TPSA) is 84.9 Å². The van der Waals surface area contributed by atoms with E-state index < -0.39 is 16.9 Å². The number of amides is 1. The molecule has 6 nitrogen and oxygen atoms in total. The summed E-state index contributed by atoms with van der Waals surface area (Å²) >= 11 is 0. The fourth-order valence-corrected chi connectivity index (χ4v) is 1.23. The largest absolute Gasteiger partial charge is 0.280 e. The van der Waals surface area contributed by atoms with Gasteiger partial charge in [-0.2, -0.15) is 4.99 Å². The maximum atomic E-state index is 11.2. The van der Waals surface area contributed by atoms with Crippen molar-refractivity contribution in [2.75, 3.05) is 0 Å². The van der Waals surface area contributed by atoms with E-state index in [2.05, 4.69) is 9.98 Å². The first-order valence-electron chi connectivity index (χ1n) is 3.87. The molecule has 0 aromatic heterocycles. The maximum Gasteiger partial charge on any atom is 0.280 e. The van der Waals surface area contributed by atoms with Gasteiger partial charge in [0.15, 0.2) is 0 Å². The lowest BCUT2D eigenvalue weighted by Gasteiger charge is -2.11. The van der Waals surface area contributed by atoms with E-state index in [0.717, 1.165) is 6.34 Å². The quantitative estimate of drug-likeness (QED) is 0.436. The monoisotopic (exact) mass is 191 g/mol. The van der Waals surface area contributed by atoms with Crippen LogP contribution in [0.3, 0.4) is 0 Å². The molecule has 0 N–H and O–H groups in total. The highest BCUT2D eigenvalue weighted by molar-refractivity contribution is 6.30. The van der Waals surface area contributed by atoms with Crippen LogP contribution in [0.1, 0.15) is 0 Å². The Morgan fingerprint density at radius 1 is 1.50 bits per heavy atom. The van der Waals surface area contributed by atoms with Crippen LogP contribution in [0, 0.1) is 10.1 Å². The molecule has 2 aliphatic rings. The maximum absolute atomic E-state index is 11.2. The van der Waals surface area contributed by atoms with Gasteiger partial charge in [0.05, 0.1) is 11.3 Å². The van der Waals surface area contributed by atoms with Gasteiger partial charge in [0.2, 0.25) is 0 Å². The fraction of sp³-hybridized carbons (Fsp3) is 0.125. The third-order valence-electron chi connectivity index (χ3n) is 1.91. The van der Waals surface area contributed by atoms with E-state index in [1.54, 1.807) is 0 Å². The first-order valence-corrected chi connectivity index (χ1v) is 3.87. The molecule has 0 saturated carbocycles. The lowest BCUT2D eigenvalue weighted by Crippen LogP contribution is -2.24. The molecule has 2 rings (SSSR count). The van der Waals surface area contributed by atoms with Crippen molar-refractivity contribution in [3.63, 3.8) is 0 Å². The van der Waals surface area contributed by atoms with Gasteiger partial charge in [-0.3, -0.25) is 14.9 Å². The summed E-state index contributed by atoms with van der Waals surface area (Å²) in [5.74, 6) is -0.480. The van der Waals surface area contributed by atoms with Gasteiger partial charge in [0, 0.05) is 11.0 Å². The third kappa shape index (κ3) is 1.26. The highest BCUT2D eigenvalue weighted by Crippen LogP contribution is 2.15. The molecule has 0 aromatic rings. The van der Waals surface area contributed by atoms with E-state index in [4.69, 9.17) is 0 Å². The lowest BCUT2D eigenvalue weighted by atomic mass is 10.00. The predicted octanol–water partition coefficient (Wildman–Crippen LogP) is 0.137.